The average molecular weight is 273 g/mol. The highest BCUT2D eigenvalue weighted by molar-refractivity contribution is 5.44. The van der Waals surface area contributed by atoms with Crippen molar-refractivity contribution >= 4 is 0 Å². The number of rotatable bonds is 5. The number of aromatic hydroxyl groups is 2. The summed E-state index contributed by atoms with van der Waals surface area (Å²) in [6.07, 6.45) is 0. The van der Waals surface area contributed by atoms with Crippen molar-refractivity contribution in [2.24, 2.45) is 0 Å². The molecule has 0 saturated heterocycles. The predicted octanol–water partition coefficient (Wildman–Crippen LogP) is 2.96. The Balaban J connectivity index is 2.09. The zero-order chi connectivity index (χ0) is 14.5. The fourth-order valence-corrected chi connectivity index (χ4v) is 2.12. The molecule has 0 aromatic heterocycles. The SMILES string of the molecule is COc1ccccc1[C@H](C)NCc1cccc(O)c1O. The molecule has 2 aromatic carbocycles. The molecule has 0 aliphatic heterocycles. The molecule has 0 saturated carbocycles. The van der Waals surface area contributed by atoms with E-state index in [1.807, 2.05) is 31.2 Å². The van der Waals surface area contributed by atoms with Crippen molar-refractivity contribution in [2.45, 2.75) is 19.5 Å². The van der Waals surface area contributed by atoms with Gasteiger partial charge in [0.25, 0.3) is 0 Å². The van der Waals surface area contributed by atoms with Crippen LogP contribution in [0.15, 0.2) is 42.5 Å². The number of benzene rings is 2. The Hall–Kier alpha value is -2.20. The second kappa shape index (κ2) is 6.30. The first-order valence-electron chi connectivity index (χ1n) is 6.49. The molecule has 0 fully saturated rings. The van der Waals surface area contributed by atoms with Crippen LogP contribution in [-0.4, -0.2) is 17.3 Å². The zero-order valence-electron chi connectivity index (χ0n) is 11.6. The molecule has 2 aromatic rings. The number of hydrogen-bond acceptors (Lipinski definition) is 4. The molecular formula is C16H19NO3. The Morgan fingerprint density at radius 3 is 2.60 bits per heavy atom. The molecule has 0 radical (unpaired) electrons. The highest BCUT2D eigenvalue weighted by atomic mass is 16.5. The van der Waals surface area contributed by atoms with Crippen LogP contribution in [0.25, 0.3) is 0 Å². The van der Waals surface area contributed by atoms with Gasteiger partial charge in [-0.05, 0) is 19.1 Å². The van der Waals surface area contributed by atoms with Gasteiger partial charge in [-0.25, -0.2) is 0 Å². The van der Waals surface area contributed by atoms with Crippen LogP contribution in [-0.2, 0) is 6.54 Å². The van der Waals surface area contributed by atoms with Crippen LogP contribution in [0, 0.1) is 0 Å². The van der Waals surface area contributed by atoms with E-state index in [1.54, 1.807) is 19.2 Å². The Morgan fingerprint density at radius 2 is 1.85 bits per heavy atom. The first-order valence-corrected chi connectivity index (χ1v) is 6.49. The summed E-state index contributed by atoms with van der Waals surface area (Å²) in [5, 5.41) is 22.5. The number of nitrogens with one attached hydrogen (secondary N) is 1. The number of para-hydroxylation sites is 2. The van der Waals surface area contributed by atoms with Crippen LogP contribution in [0.2, 0.25) is 0 Å². The number of methoxy groups -OCH3 is 1. The summed E-state index contributed by atoms with van der Waals surface area (Å²) in [4.78, 5) is 0. The summed E-state index contributed by atoms with van der Waals surface area (Å²) in [6.45, 7) is 2.48. The Labute approximate surface area is 118 Å². The highest BCUT2D eigenvalue weighted by Gasteiger charge is 2.12. The van der Waals surface area contributed by atoms with Crippen molar-refractivity contribution in [3.8, 4) is 17.2 Å². The monoisotopic (exact) mass is 273 g/mol. The summed E-state index contributed by atoms with van der Waals surface area (Å²) < 4.78 is 5.33. The maximum Gasteiger partial charge on any atom is 0.161 e. The van der Waals surface area contributed by atoms with E-state index in [9.17, 15) is 10.2 Å². The summed E-state index contributed by atoms with van der Waals surface area (Å²) in [6, 6.07) is 12.8. The standard InChI is InChI=1S/C16H19NO3/c1-11(13-7-3-4-9-15(13)20-2)17-10-12-6-5-8-14(18)16(12)19/h3-9,11,17-19H,10H2,1-2H3/t11-/m0/s1. The Kier molecular flexibility index (Phi) is 4.48. The lowest BCUT2D eigenvalue weighted by atomic mass is 10.1. The van der Waals surface area contributed by atoms with E-state index in [1.165, 1.54) is 6.07 Å². The highest BCUT2D eigenvalue weighted by Crippen LogP contribution is 2.29. The van der Waals surface area contributed by atoms with Gasteiger partial charge in [0.2, 0.25) is 0 Å². The van der Waals surface area contributed by atoms with Gasteiger partial charge in [0.1, 0.15) is 5.75 Å². The molecule has 0 heterocycles. The molecule has 0 amide bonds. The quantitative estimate of drug-likeness (QED) is 0.733. The Bertz CT molecular complexity index is 584. The van der Waals surface area contributed by atoms with Gasteiger partial charge in [0, 0.05) is 23.7 Å². The predicted molar refractivity (Wildman–Crippen MR) is 78.0 cm³/mol. The topological polar surface area (TPSA) is 61.7 Å². The molecule has 1 atom stereocenters. The average Bonchev–Trinajstić information content (AvgIpc) is 2.48. The molecule has 4 nitrogen and oxygen atoms in total. The van der Waals surface area contributed by atoms with Gasteiger partial charge in [0.05, 0.1) is 7.11 Å². The largest absolute Gasteiger partial charge is 0.504 e. The summed E-state index contributed by atoms with van der Waals surface area (Å²) in [7, 11) is 1.65. The molecule has 0 aliphatic carbocycles. The second-order valence-electron chi connectivity index (χ2n) is 4.63. The minimum Gasteiger partial charge on any atom is -0.504 e. The summed E-state index contributed by atoms with van der Waals surface area (Å²) in [5.74, 6) is 0.647. The van der Waals surface area contributed by atoms with Crippen molar-refractivity contribution in [1.82, 2.24) is 5.32 Å². The van der Waals surface area contributed by atoms with E-state index in [0.717, 1.165) is 11.3 Å². The third kappa shape index (κ3) is 3.03. The maximum atomic E-state index is 9.77. The van der Waals surface area contributed by atoms with Crippen molar-refractivity contribution < 1.29 is 14.9 Å². The molecule has 0 unspecified atom stereocenters. The van der Waals surface area contributed by atoms with Crippen molar-refractivity contribution in [3.63, 3.8) is 0 Å². The molecule has 3 N–H and O–H groups in total. The molecule has 4 heteroatoms. The van der Waals surface area contributed by atoms with Crippen LogP contribution in [0.1, 0.15) is 24.1 Å². The molecule has 0 spiro atoms. The fourth-order valence-electron chi connectivity index (χ4n) is 2.12. The van der Waals surface area contributed by atoms with Gasteiger partial charge >= 0.3 is 0 Å². The summed E-state index contributed by atoms with van der Waals surface area (Å²) >= 11 is 0. The second-order valence-corrected chi connectivity index (χ2v) is 4.63. The lowest BCUT2D eigenvalue weighted by Gasteiger charge is -2.17. The molecular weight excluding hydrogens is 254 g/mol. The van der Waals surface area contributed by atoms with E-state index in [4.69, 9.17) is 4.74 Å². The van der Waals surface area contributed by atoms with Gasteiger partial charge in [-0.1, -0.05) is 30.3 Å². The van der Waals surface area contributed by atoms with E-state index < -0.39 is 0 Å². The minimum atomic E-state index is -0.103. The van der Waals surface area contributed by atoms with E-state index in [2.05, 4.69) is 5.32 Å². The number of phenols is 2. The zero-order valence-corrected chi connectivity index (χ0v) is 11.6. The van der Waals surface area contributed by atoms with Crippen LogP contribution in [0.3, 0.4) is 0 Å². The van der Waals surface area contributed by atoms with Crippen molar-refractivity contribution in [1.29, 1.82) is 0 Å². The van der Waals surface area contributed by atoms with Crippen molar-refractivity contribution in [2.75, 3.05) is 7.11 Å². The maximum absolute atomic E-state index is 9.77. The molecule has 2 rings (SSSR count). The van der Waals surface area contributed by atoms with Crippen LogP contribution in [0.5, 0.6) is 17.2 Å². The van der Waals surface area contributed by atoms with Gasteiger partial charge in [-0.2, -0.15) is 0 Å². The van der Waals surface area contributed by atoms with E-state index in [0.29, 0.717) is 12.1 Å². The lowest BCUT2D eigenvalue weighted by Crippen LogP contribution is -2.18. The van der Waals surface area contributed by atoms with E-state index >= 15 is 0 Å². The fraction of sp³-hybridized carbons (Fsp3) is 0.250. The van der Waals surface area contributed by atoms with Gasteiger partial charge in [-0.15, -0.1) is 0 Å². The van der Waals surface area contributed by atoms with Gasteiger partial charge in [-0.3, -0.25) is 0 Å². The van der Waals surface area contributed by atoms with E-state index in [-0.39, 0.29) is 17.5 Å². The number of hydrogen-bond donors (Lipinski definition) is 3. The first kappa shape index (κ1) is 14.2. The number of phenolic OH excluding ortho intramolecular Hbond substituents is 2. The van der Waals surface area contributed by atoms with Crippen LogP contribution >= 0.6 is 0 Å². The normalized spacial score (nSPS) is 12.1. The third-order valence-electron chi connectivity index (χ3n) is 3.30. The van der Waals surface area contributed by atoms with Gasteiger partial charge in [0.15, 0.2) is 11.5 Å². The van der Waals surface area contributed by atoms with Crippen LogP contribution in [0.4, 0.5) is 0 Å². The molecule has 20 heavy (non-hydrogen) atoms. The molecule has 0 bridgehead atoms. The van der Waals surface area contributed by atoms with Crippen molar-refractivity contribution in [3.05, 3.63) is 53.6 Å². The van der Waals surface area contributed by atoms with Crippen LogP contribution < -0.4 is 10.1 Å². The smallest absolute Gasteiger partial charge is 0.161 e. The number of ether oxygens (including phenoxy) is 1. The van der Waals surface area contributed by atoms with Gasteiger partial charge < -0.3 is 20.3 Å². The molecule has 106 valence electrons. The third-order valence-corrected chi connectivity index (χ3v) is 3.30. The lowest BCUT2D eigenvalue weighted by molar-refractivity contribution is 0.392. The minimum absolute atomic E-state index is 0.0629. The summed E-state index contributed by atoms with van der Waals surface area (Å²) in [5.41, 5.74) is 1.71. The first-order chi connectivity index (χ1) is 9.63. The Morgan fingerprint density at radius 1 is 1.10 bits per heavy atom. The molecule has 0 aliphatic rings.